The molecule has 0 saturated carbocycles. The molecular weight excluding hydrogens is 318 g/mol. The summed E-state index contributed by atoms with van der Waals surface area (Å²) in [6.45, 7) is 3.13. The first-order valence-corrected chi connectivity index (χ1v) is 8.63. The molecular formula is C18H23N5O2. The van der Waals surface area contributed by atoms with Gasteiger partial charge in [-0.25, -0.2) is 9.97 Å². The van der Waals surface area contributed by atoms with Crippen LogP contribution >= 0.6 is 0 Å². The van der Waals surface area contributed by atoms with E-state index in [9.17, 15) is 9.59 Å². The molecule has 2 aromatic rings. The van der Waals surface area contributed by atoms with Crippen molar-refractivity contribution in [1.29, 1.82) is 0 Å². The topological polar surface area (TPSA) is 80.1 Å². The van der Waals surface area contributed by atoms with Crippen molar-refractivity contribution in [2.24, 2.45) is 0 Å². The molecule has 0 aliphatic carbocycles. The Morgan fingerprint density at radius 1 is 1.24 bits per heavy atom. The Kier molecular flexibility index (Phi) is 5.42. The lowest BCUT2D eigenvalue weighted by Crippen LogP contribution is -2.40. The van der Waals surface area contributed by atoms with Crippen molar-refractivity contribution in [3.63, 3.8) is 0 Å². The third kappa shape index (κ3) is 4.43. The fourth-order valence-corrected chi connectivity index (χ4v) is 2.96. The third-order valence-electron chi connectivity index (χ3n) is 4.38. The van der Waals surface area contributed by atoms with Crippen LogP contribution in [0.15, 0.2) is 30.7 Å². The minimum Gasteiger partial charge on any atom is -0.350 e. The van der Waals surface area contributed by atoms with Crippen molar-refractivity contribution in [2.45, 2.75) is 39.2 Å². The van der Waals surface area contributed by atoms with E-state index in [2.05, 4.69) is 15.3 Å². The fourth-order valence-electron chi connectivity index (χ4n) is 2.96. The van der Waals surface area contributed by atoms with Gasteiger partial charge in [0.2, 0.25) is 11.8 Å². The number of aryl methyl sites for hydroxylation is 1. The number of imidazole rings is 1. The highest BCUT2D eigenvalue weighted by atomic mass is 16.2. The van der Waals surface area contributed by atoms with E-state index in [0.29, 0.717) is 19.5 Å². The highest BCUT2D eigenvalue weighted by molar-refractivity contribution is 5.84. The molecule has 2 aromatic heterocycles. The van der Waals surface area contributed by atoms with Crippen molar-refractivity contribution >= 4 is 11.8 Å². The van der Waals surface area contributed by atoms with Gasteiger partial charge in [-0.1, -0.05) is 6.42 Å². The Morgan fingerprint density at radius 3 is 2.92 bits per heavy atom. The predicted octanol–water partition coefficient (Wildman–Crippen LogP) is 1.59. The molecule has 7 nitrogen and oxygen atoms in total. The van der Waals surface area contributed by atoms with E-state index < -0.39 is 0 Å². The monoisotopic (exact) mass is 341 g/mol. The summed E-state index contributed by atoms with van der Waals surface area (Å²) in [6, 6.07) is 3.79. The van der Waals surface area contributed by atoms with Gasteiger partial charge < -0.3 is 10.2 Å². The van der Waals surface area contributed by atoms with E-state index in [1.54, 1.807) is 17.3 Å². The molecule has 0 radical (unpaired) electrons. The van der Waals surface area contributed by atoms with E-state index in [1.807, 2.05) is 29.8 Å². The lowest BCUT2D eigenvalue weighted by Gasteiger charge is -2.19. The van der Waals surface area contributed by atoms with Crippen LogP contribution in [0.4, 0.5) is 0 Å². The number of amides is 2. The minimum atomic E-state index is -0.132. The SMILES string of the molecule is Cc1nccn1-c1cc(CNC(=O)CN2CCCCCC2=O)ccn1. The number of rotatable bonds is 5. The smallest absolute Gasteiger partial charge is 0.239 e. The normalized spacial score (nSPS) is 15.1. The molecule has 0 bridgehead atoms. The van der Waals surface area contributed by atoms with Gasteiger partial charge in [0.05, 0.1) is 6.54 Å². The standard InChI is InChI=1S/C18H23N5O2/c1-14-19-8-10-23(14)16-11-15(6-7-20-16)12-21-17(24)13-22-9-4-2-3-5-18(22)25/h6-8,10-11H,2-5,9,12-13H2,1H3,(H,21,24). The third-order valence-corrected chi connectivity index (χ3v) is 4.38. The molecule has 1 aliphatic rings. The molecule has 0 unspecified atom stereocenters. The molecule has 1 N–H and O–H groups in total. The van der Waals surface area contributed by atoms with Crippen LogP contribution in [0, 0.1) is 6.92 Å². The Morgan fingerprint density at radius 2 is 2.12 bits per heavy atom. The molecule has 1 aliphatic heterocycles. The molecule has 132 valence electrons. The van der Waals surface area contributed by atoms with Crippen molar-refractivity contribution in [2.75, 3.05) is 13.1 Å². The van der Waals surface area contributed by atoms with Gasteiger partial charge in [-0.15, -0.1) is 0 Å². The van der Waals surface area contributed by atoms with Crippen LogP contribution in [0.5, 0.6) is 0 Å². The number of likely N-dealkylation sites (tertiary alicyclic amines) is 1. The lowest BCUT2D eigenvalue weighted by molar-refractivity contribution is -0.135. The van der Waals surface area contributed by atoms with Gasteiger partial charge >= 0.3 is 0 Å². The number of nitrogens with one attached hydrogen (secondary N) is 1. The number of hydrogen-bond acceptors (Lipinski definition) is 4. The number of carbonyl (C=O) groups excluding carboxylic acids is 2. The molecule has 25 heavy (non-hydrogen) atoms. The Labute approximate surface area is 147 Å². The van der Waals surface area contributed by atoms with Gasteiger partial charge in [0.15, 0.2) is 0 Å². The van der Waals surface area contributed by atoms with Crippen molar-refractivity contribution < 1.29 is 9.59 Å². The number of aromatic nitrogens is 3. The van der Waals surface area contributed by atoms with Gasteiger partial charge in [0.1, 0.15) is 11.6 Å². The summed E-state index contributed by atoms with van der Waals surface area (Å²) in [7, 11) is 0. The average Bonchev–Trinajstić information content (AvgIpc) is 2.94. The van der Waals surface area contributed by atoms with Crippen LogP contribution in [0.3, 0.4) is 0 Å². The summed E-state index contributed by atoms with van der Waals surface area (Å²) in [5, 5.41) is 2.89. The Bertz CT molecular complexity index is 755. The molecule has 0 spiro atoms. The zero-order valence-corrected chi connectivity index (χ0v) is 14.4. The second-order valence-corrected chi connectivity index (χ2v) is 6.27. The average molecular weight is 341 g/mol. The molecule has 1 saturated heterocycles. The van der Waals surface area contributed by atoms with Crippen molar-refractivity contribution in [3.05, 3.63) is 42.1 Å². The van der Waals surface area contributed by atoms with Crippen molar-refractivity contribution in [3.8, 4) is 5.82 Å². The first kappa shape index (κ1) is 17.1. The first-order chi connectivity index (χ1) is 12.1. The Balaban J connectivity index is 1.57. The van der Waals surface area contributed by atoms with E-state index in [1.165, 1.54) is 0 Å². The van der Waals surface area contributed by atoms with Crippen LogP contribution in [-0.2, 0) is 16.1 Å². The Hall–Kier alpha value is -2.70. The molecule has 3 heterocycles. The number of nitrogens with zero attached hydrogens (tertiary/aromatic N) is 4. The maximum Gasteiger partial charge on any atom is 0.239 e. The summed E-state index contributed by atoms with van der Waals surface area (Å²) in [6.07, 6.45) is 8.78. The lowest BCUT2D eigenvalue weighted by atomic mass is 10.2. The van der Waals surface area contributed by atoms with E-state index in [0.717, 1.165) is 36.5 Å². The van der Waals surface area contributed by atoms with Gasteiger partial charge in [-0.3, -0.25) is 14.2 Å². The molecule has 0 aromatic carbocycles. The maximum absolute atomic E-state index is 12.2. The maximum atomic E-state index is 12.2. The summed E-state index contributed by atoms with van der Waals surface area (Å²) in [5.74, 6) is 1.57. The quantitative estimate of drug-likeness (QED) is 0.896. The van der Waals surface area contributed by atoms with E-state index in [-0.39, 0.29) is 18.4 Å². The number of carbonyl (C=O) groups is 2. The van der Waals surface area contributed by atoms with E-state index >= 15 is 0 Å². The molecule has 3 rings (SSSR count). The molecule has 7 heteroatoms. The molecule has 1 fully saturated rings. The van der Waals surface area contributed by atoms with Crippen molar-refractivity contribution in [1.82, 2.24) is 24.8 Å². The van der Waals surface area contributed by atoms with Gasteiger partial charge in [-0.05, 0) is 37.5 Å². The first-order valence-electron chi connectivity index (χ1n) is 8.63. The van der Waals surface area contributed by atoms with Crippen LogP contribution in [0.2, 0.25) is 0 Å². The van der Waals surface area contributed by atoms with Gasteiger partial charge in [0.25, 0.3) is 0 Å². The fraction of sp³-hybridized carbons (Fsp3) is 0.444. The second-order valence-electron chi connectivity index (χ2n) is 6.27. The van der Waals surface area contributed by atoms with Crippen LogP contribution < -0.4 is 5.32 Å². The summed E-state index contributed by atoms with van der Waals surface area (Å²) in [5.41, 5.74) is 0.952. The highest BCUT2D eigenvalue weighted by Gasteiger charge is 2.19. The van der Waals surface area contributed by atoms with Crippen LogP contribution in [-0.4, -0.2) is 44.3 Å². The highest BCUT2D eigenvalue weighted by Crippen LogP contribution is 2.11. The summed E-state index contributed by atoms with van der Waals surface area (Å²) < 4.78 is 1.89. The number of hydrogen-bond donors (Lipinski definition) is 1. The largest absolute Gasteiger partial charge is 0.350 e. The predicted molar refractivity (Wildman–Crippen MR) is 93.0 cm³/mol. The summed E-state index contributed by atoms with van der Waals surface area (Å²) >= 11 is 0. The van der Waals surface area contributed by atoms with Gasteiger partial charge in [0, 0.05) is 38.1 Å². The van der Waals surface area contributed by atoms with E-state index in [4.69, 9.17) is 0 Å². The molecule has 0 atom stereocenters. The molecule has 2 amide bonds. The summed E-state index contributed by atoms with van der Waals surface area (Å²) in [4.78, 5) is 34.3. The zero-order valence-electron chi connectivity index (χ0n) is 14.4. The van der Waals surface area contributed by atoms with Gasteiger partial charge in [-0.2, -0.15) is 0 Å². The second kappa shape index (κ2) is 7.92. The van der Waals surface area contributed by atoms with Crippen LogP contribution in [0.1, 0.15) is 37.1 Å². The number of pyridine rings is 1. The minimum absolute atomic E-state index is 0.0782. The van der Waals surface area contributed by atoms with Crippen LogP contribution in [0.25, 0.3) is 5.82 Å². The zero-order chi connectivity index (χ0) is 17.6.